The van der Waals surface area contributed by atoms with Gasteiger partial charge in [-0.1, -0.05) is 42.5 Å². The Labute approximate surface area is 294 Å². The number of hydrogen-bond acceptors (Lipinski definition) is 5. The van der Waals surface area contributed by atoms with Crippen molar-refractivity contribution >= 4 is 23.3 Å². The summed E-state index contributed by atoms with van der Waals surface area (Å²) < 4.78 is 19.8. The van der Waals surface area contributed by atoms with Crippen LogP contribution in [0.2, 0.25) is 0 Å². The molecule has 2 bridgehead atoms. The predicted octanol–water partition coefficient (Wildman–Crippen LogP) is 5.59. The number of nitrogens with zero attached hydrogens (tertiary/aromatic N) is 2. The molecule has 3 N–H and O–H groups in total. The molecule has 1 saturated carbocycles. The highest BCUT2D eigenvalue weighted by Gasteiger charge is 2.43. The van der Waals surface area contributed by atoms with Gasteiger partial charge in [-0.2, -0.15) is 0 Å². The second-order valence-corrected chi connectivity index (χ2v) is 14.2. The van der Waals surface area contributed by atoms with E-state index in [0.29, 0.717) is 45.5 Å². The number of primary amides is 1. The quantitative estimate of drug-likeness (QED) is 0.231. The number of carbonyl (C=O) groups excluding carboxylic acids is 3. The summed E-state index contributed by atoms with van der Waals surface area (Å²) in [5.74, 6) is 0.225. The van der Waals surface area contributed by atoms with E-state index >= 15 is 0 Å². The first-order valence-electron chi connectivity index (χ1n) is 18.0. The first-order chi connectivity index (χ1) is 24.0. The minimum absolute atomic E-state index is 0.00285. The fraction of sp³-hybridized carbons (Fsp3) is 0.439. The number of amides is 3. The molecule has 2 unspecified atom stereocenters. The summed E-state index contributed by atoms with van der Waals surface area (Å²) in [5, 5.41) is 3.67. The number of fused-ring (bicyclic) bond motifs is 2. The summed E-state index contributed by atoms with van der Waals surface area (Å²) in [7, 11) is 0. The van der Waals surface area contributed by atoms with Gasteiger partial charge in [-0.15, -0.1) is 0 Å². The number of halogens is 1. The molecule has 0 aromatic heterocycles. The van der Waals surface area contributed by atoms with Crippen LogP contribution in [-0.4, -0.2) is 71.9 Å². The Morgan fingerprint density at radius 1 is 0.940 bits per heavy atom. The SMILES string of the molecule is Cc1cc(C)c(C)c(OCCc2ccc(C3=C(C(=O)N(CCc4ccc(F)cc4)C4CC4)C4CN(C(=O)CCCC(N)=O)CC(C3)N4)cc2)c1. The second kappa shape index (κ2) is 15.6. The molecule has 1 saturated heterocycles. The number of rotatable bonds is 14. The molecule has 0 radical (unpaired) electrons. The average molecular weight is 681 g/mol. The molecule has 3 aliphatic rings. The van der Waals surface area contributed by atoms with Crippen LogP contribution in [0, 0.1) is 26.6 Å². The third-order valence-corrected chi connectivity index (χ3v) is 10.3. The fourth-order valence-corrected chi connectivity index (χ4v) is 7.34. The number of ether oxygens (including phenoxy) is 1. The Bertz CT molecular complexity index is 1750. The van der Waals surface area contributed by atoms with E-state index < -0.39 is 5.91 Å². The van der Waals surface area contributed by atoms with Crippen molar-refractivity contribution < 1.29 is 23.5 Å². The molecule has 264 valence electrons. The monoisotopic (exact) mass is 680 g/mol. The molecule has 9 heteroatoms. The van der Waals surface area contributed by atoms with Crippen molar-refractivity contribution in [1.29, 1.82) is 0 Å². The first kappa shape index (κ1) is 35.3. The summed E-state index contributed by atoms with van der Waals surface area (Å²) in [6, 6.07) is 19.1. The van der Waals surface area contributed by atoms with Gasteiger partial charge in [-0.05, 0) is 110 Å². The lowest BCUT2D eigenvalue weighted by Gasteiger charge is -2.45. The Kier molecular flexibility index (Phi) is 11.0. The number of nitrogens with one attached hydrogen (secondary N) is 1. The van der Waals surface area contributed by atoms with Crippen molar-refractivity contribution in [3.63, 3.8) is 0 Å². The molecule has 8 nitrogen and oxygen atoms in total. The zero-order chi connectivity index (χ0) is 35.4. The topological polar surface area (TPSA) is 105 Å². The molecule has 2 aliphatic heterocycles. The van der Waals surface area contributed by atoms with Gasteiger partial charge in [0.05, 0.1) is 12.6 Å². The minimum atomic E-state index is -0.411. The molecule has 6 rings (SSSR count). The van der Waals surface area contributed by atoms with Gasteiger partial charge >= 0.3 is 0 Å². The van der Waals surface area contributed by atoms with Crippen molar-refractivity contribution in [3.8, 4) is 5.75 Å². The zero-order valence-electron chi connectivity index (χ0n) is 29.5. The summed E-state index contributed by atoms with van der Waals surface area (Å²) in [4.78, 5) is 43.0. The Hall–Kier alpha value is -4.50. The molecule has 2 atom stereocenters. The lowest BCUT2D eigenvalue weighted by molar-refractivity contribution is -0.134. The largest absolute Gasteiger partial charge is 0.493 e. The van der Waals surface area contributed by atoms with Gasteiger partial charge in [-0.3, -0.25) is 14.4 Å². The summed E-state index contributed by atoms with van der Waals surface area (Å²) in [6.45, 7) is 8.31. The molecule has 2 heterocycles. The van der Waals surface area contributed by atoms with Gasteiger partial charge in [0.25, 0.3) is 5.91 Å². The van der Waals surface area contributed by atoms with Crippen LogP contribution in [0.4, 0.5) is 4.39 Å². The summed E-state index contributed by atoms with van der Waals surface area (Å²) in [6.07, 6.45) is 4.78. The van der Waals surface area contributed by atoms with Gasteiger partial charge in [0.15, 0.2) is 0 Å². The molecule has 0 spiro atoms. The van der Waals surface area contributed by atoms with E-state index in [9.17, 15) is 18.8 Å². The van der Waals surface area contributed by atoms with Gasteiger partial charge in [0.2, 0.25) is 11.8 Å². The van der Waals surface area contributed by atoms with E-state index in [1.54, 1.807) is 12.1 Å². The van der Waals surface area contributed by atoms with E-state index in [1.807, 2.05) is 9.80 Å². The smallest absolute Gasteiger partial charge is 0.252 e. The van der Waals surface area contributed by atoms with Crippen LogP contribution in [-0.2, 0) is 27.2 Å². The third kappa shape index (κ3) is 8.62. The summed E-state index contributed by atoms with van der Waals surface area (Å²) >= 11 is 0. The predicted molar refractivity (Wildman–Crippen MR) is 193 cm³/mol. The number of aryl methyl sites for hydroxylation is 2. The van der Waals surface area contributed by atoms with Crippen LogP contribution in [0.15, 0.2) is 66.2 Å². The molecule has 3 aromatic carbocycles. The fourth-order valence-electron chi connectivity index (χ4n) is 7.34. The van der Waals surface area contributed by atoms with Crippen molar-refractivity contribution in [1.82, 2.24) is 15.1 Å². The zero-order valence-corrected chi connectivity index (χ0v) is 29.5. The van der Waals surface area contributed by atoms with Crippen molar-refractivity contribution in [3.05, 3.63) is 105 Å². The number of benzene rings is 3. The maximum absolute atomic E-state index is 14.7. The van der Waals surface area contributed by atoms with Crippen LogP contribution in [0.3, 0.4) is 0 Å². The maximum atomic E-state index is 14.7. The van der Waals surface area contributed by atoms with Gasteiger partial charge < -0.3 is 25.6 Å². The van der Waals surface area contributed by atoms with Crippen LogP contribution < -0.4 is 15.8 Å². The van der Waals surface area contributed by atoms with E-state index in [-0.39, 0.29) is 48.6 Å². The average Bonchev–Trinajstić information content (AvgIpc) is 3.93. The molecular formula is C41H49FN4O4. The number of carbonyl (C=O) groups is 3. The van der Waals surface area contributed by atoms with E-state index in [4.69, 9.17) is 10.5 Å². The molecular weight excluding hydrogens is 631 g/mol. The summed E-state index contributed by atoms with van der Waals surface area (Å²) in [5.41, 5.74) is 13.8. The molecule has 2 fully saturated rings. The van der Waals surface area contributed by atoms with Crippen LogP contribution in [0.1, 0.15) is 71.9 Å². The Balaban J connectivity index is 1.23. The van der Waals surface area contributed by atoms with Gasteiger partial charge in [0.1, 0.15) is 11.6 Å². The highest BCUT2D eigenvalue weighted by Crippen LogP contribution is 2.37. The van der Waals surface area contributed by atoms with Crippen molar-refractivity contribution in [2.75, 3.05) is 26.2 Å². The lowest BCUT2D eigenvalue weighted by Crippen LogP contribution is -2.62. The van der Waals surface area contributed by atoms with Crippen LogP contribution in [0.25, 0.3) is 5.57 Å². The third-order valence-electron chi connectivity index (χ3n) is 10.3. The van der Waals surface area contributed by atoms with E-state index in [2.05, 4.69) is 62.5 Å². The van der Waals surface area contributed by atoms with Crippen molar-refractivity contribution in [2.45, 2.75) is 90.3 Å². The second-order valence-electron chi connectivity index (χ2n) is 14.2. The Morgan fingerprint density at radius 3 is 2.34 bits per heavy atom. The molecule has 1 aliphatic carbocycles. The number of hydrogen-bond donors (Lipinski definition) is 2. The number of piperazine rings is 1. The number of nitrogens with two attached hydrogens (primary N) is 1. The van der Waals surface area contributed by atoms with Crippen LogP contribution in [0.5, 0.6) is 5.75 Å². The minimum Gasteiger partial charge on any atom is -0.493 e. The highest BCUT2D eigenvalue weighted by atomic mass is 19.1. The Morgan fingerprint density at radius 2 is 1.64 bits per heavy atom. The van der Waals surface area contributed by atoms with Gasteiger partial charge in [-0.25, -0.2) is 4.39 Å². The first-order valence-corrected chi connectivity index (χ1v) is 18.0. The van der Waals surface area contributed by atoms with Crippen molar-refractivity contribution in [2.24, 2.45) is 5.73 Å². The molecule has 3 aromatic rings. The van der Waals surface area contributed by atoms with E-state index in [0.717, 1.165) is 58.4 Å². The highest BCUT2D eigenvalue weighted by molar-refractivity contribution is 6.03. The van der Waals surface area contributed by atoms with Gasteiger partial charge in [0, 0.05) is 56.6 Å². The standard InChI is InChI=1S/C41H49FN4O4/c1-26-21-27(2)28(3)37(22-26)50-20-18-30-7-11-31(12-8-30)35-23-33-24-45(39(48)6-4-5-38(43)47)25-36(44-33)40(35)41(49)46(34-15-16-34)19-17-29-9-13-32(42)14-10-29/h7-14,21-22,33-34,36,44H,4-6,15-20,23-25H2,1-3H3,(H2,43,47). The van der Waals surface area contributed by atoms with Crippen LogP contribution >= 0.6 is 0 Å². The lowest BCUT2D eigenvalue weighted by atomic mass is 9.82. The molecule has 50 heavy (non-hydrogen) atoms. The maximum Gasteiger partial charge on any atom is 0.252 e. The molecule has 3 amide bonds. The van der Waals surface area contributed by atoms with E-state index in [1.165, 1.54) is 23.3 Å². The normalized spacial score (nSPS) is 18.6.